The fourth-order valence-electron chi connectivity index (χ4n) is 4.38. The minimum absolute atomic E-state index is 0.349. The molecule has 0 spiro atoms. The monoisotopic (exact) mass is 474 g/mol. The van der Waals surface area contributed by atoms with Gasteiger partial charge in [0.1, 0.15) is 0 Å². The van der Waals surface area contributed by atoms with Gasteiger partial charge in [0.2, 0.25) is 0 Å². The Morgan fingerprint density at radius 2 is 1.12 bits per heavy atom. The Morgan fingerprint density at radius 1 is 0.719 bits per heavy atom. The van der Waals surface area contributed by atoms with Crippen LogP contribution < -0.4 is 0 Å². The molecule has 0 rings (SSSR count). The Morgan fingerprint density at radius 3 is 1.53 bits per heavy atom. The molecule has 0 radical (unpaired) electrons. The molecule has 5 heteroatoms. The van der Waals surface area contributed by atoms with Gasteiger partial charge in [-0.1, -0.05) is 103 Å². The zero-order valence-corrected chi connectivity index (χ0v) is 23.2. The summed E-state index contributed by atoms with van der Waals surface area (Å²) in [5, 5.41) is 0. The van der Waals surface area contributed by atoms with Crippen molar-refractivity contribution in [3.8, 4) is 0 Å². The minimum Gasteiger partial charge on any atom is -0.320 e. The molecule has 2 atom stereocenters. The van der Waals surface area contributed by atoms with E-state index in [0.717, 1.165) is 12.8 Å². The van der Waals surface area contributed by atoms with E-state index in [0.29, 0.717) is 17.5 Å². The van der Waals surface area contributed by atoms with Crippen LogP contribution >= 0.6 is 7.60 Å². The Bertz CT molecular complexity index is 488. The number of unbranched alkanes of at least 4 members (excludes halogenated alkanes) is 15. The molecule has 2 unspecified atom stereocenters. The molecule has 0 aliphatic heterocycles. The molecule has 4 nitrogen and oxygen atoms in total. The Kier molecular flexibility index (Phi) is 20.1. The normalized spacial score (nSPS) is 15.3. The molecule has 0 aromatic carbocycles. The van der Waals surface area contributed by atoms with Crippen LogP contribution in [0.4, 0.5) is 0 Å². The highest BCUT2D eigenvalue weighted by atomic mass is 31.2. The van der Waals surface area contributed by atoms with E-state index in [9.17, 15) is 9.46 Å². The molecule has 0 saturated carbocycles. The average molecular weight is 475 g/mol. The average Bonchev–Trinajstić information content (AvgIpc) is 2.71. The van der Waals surface area contributed by atoms with E-state index < -0.39 is 7.60 Å². The van der Waals surface area contributed by atoms with Crippen molar-refractivity contribution in [3.05, 3.63) is 12.2 Å². The van der Waals surface area contributed by atoms with Gasteiger partial charge in [0.25, 0.3) is 0 Å². The fourth-order valence-corrected chi connectivity index (χ4v) is 6.28. The van der Waals surface area contributed by atoms with Crippen LogP contribution in [0.25, 0.3) is 0 Å². The van der Waals surface area contributed by atoms with Crippen molar-refractivity contribution < 1.29 is 18.5 Å². The zero-order chi connectivity index (χ0) is 24.1. The molecule has 1 N–H and O–H groups in total. The highest BCUT2D eigenvalue weighted by Gasteiger charge is 2.41. The van der Waals surface area contributed by atoms with Gasteiger partial charge < -0.3 is 13.9 Å². The summed E-state index contributed by atoms with van der Waals surface area (Å²) in [5.74, 6) is -0.349. The lowest BCUT2D eigenvalue weighted by Gasteiger charge is -2.35. The van der Waals surface area contributed by atoms with Gasteiger partial charge in [0.15, 0.2) is 5.78 Å². The molecule has 0 fully saturated rings. The third-order valence-corrected chi connectivity index (χ3v) is 8.68. The van der Waals surface area contributed by atoms with Crippen molar-refractivity contribution >= 4 is 7.60 Å². The van der Waals surface area contributed by atoms with Crippen molar-refractivity contribution in [1.29, 1.82) is 0 Å². The van der Waals surface area contributed by atoms with E-state index in [-0.39, 0.29) is 5.78 Å². The lowest BCUT2D eigenvalue weighted by molar-refractivity contribution is -0.883. The SMILES string of the molecule is CCCCCCCCC/C=C\CCCCCCCCCCOP(=O)(O)C(CC)[N+](C)(C)C. The molecule has 32 heavy (non-hydrogen) atoms. The number of quaternary nitrogens is 1. The molecule has 0 saturated heterocycles. The Hall–Kier alpha value is -0.150. The van der Waals surface area contributed by atoms with Gasteiger partial charge >= 0.3 is 7.60 Å². The second kappa shape index (κ2) is 20.2. The number of hydrogen-bond donors (Lipinski definition) is 1. The predicted octanol–water partition coefficient (Wildman–Crippen LogP) is 8.84. The second-order valence-electron chi connectivity index (χ2n) is 10.4. The fraction of sp³-hybridized carbons (Fsp3) is 0.926. The molecular weight excluding hydrogens is 417 g/mol. The minimum atomic E-state index is -3.55. The molecule has 0 heterocycles. The van der Waals surface area contributed by atoms with Gasteiger partial charge in [-0.2, -0.15) is 0 Å². The quantitative estimate of drug-likeness (QED) is 0.0696. The Labute approximate surface area is 201 Å². The van der Waals surface area contributed by atoms with Crippen molar-refractivity contribution in [2.24, 2.45) is 0 Å². The summed E-state index contributed by atoms with van der Waals surface area (Å²) in [5.41, 5.74) is 0. The third-order valence-electron chi connectivity index (χ3n) is 6.32. The molecule has 0 amide bonds. The van der Waals surface area contributed by atoms with Crippen molar-refractivity contribution in [2.75, 3.05) is 27.7 Å². The maximum Gasteiger partial charge on any atom is 0.385 e. The van der Waals surface area contributed by atoms with Crippen LogP contribution in [0.15, 0.2) is 12.2 Å². The van der Waals surface area contributed by atoms with Gasteiger partial charge in [-0.25, -0.2) is 0 Å². The third kappa shape index (κ3) is 18.3. The van der Waals surface area contributed by atoms with E-state index in [4.69, 9.17) is 4.52 Å². The van der Waals surface area contributed by atoms with Gasteiger partial charge in [-0.15, -0.1) is 0 Å². The van der Waals surface area contributed by atoms with Crippen LogP contribution in [0, 0.1) is 0 Å². The number of hydrogen-bond acceptors (Lipinski definition) is 2. The molecule has 0 aliphatic rings. The second-order valence-corrected chi connectivity index (χ2v) is 12.4. The maximum absolute atomic E-state index is 12.5. The maximum atomic E-state index is 12.5. The number of allylic oxidation sites excluding steroid dienone is 2. The molecular formula is C27H57NO3P+. The van der Waals surface area contributed by atoms with Crippen molar-refractivity contribution in [2.45, 2.75) is 135 Å². The first-order valence-corrected chi connectivity index (χ1v) is 15.3. The van der Waals surface area contributed by atoms with Crippen LogP contribution in [0.3, 0.4) is 0 Å². The first-order valence-electron chi connectivity index (χ1n) is 13.7. The number of rotatable bonds is 23. The lowest BCUT2D eigenvalue weighted by Crippen LogP contribution is -2.44. The summed E-state index contributed by atoms with van der Waals surface area (Å²) < 4.78 is 18.4. The van der Waals surface area contributed by atoms with Crippen molar-refractivity contribution in [3.63, 3.8) is 0 Å². The van der Waals surface area contributed by atoms with E-state index in [1.54, 1.807) is 0 Å². The predicted molar refractivity (Wildman–Crippen MR) is 141 cm³/mol. The van der Waals surface area contributed by atoms with Gasteiger partial charge in [0, 0.05) is 6.42 Å². The first kappa shape index (κ1) is 31.9. The summed E-state index contributed by atoms with van der Waals surface area (Å²) in [6, 6.07) is 0. The highest BCUT2D eigenvalue weighted by molar-refractivity contribution is 7.53. The topological polar surface area (TPSA) is 46.5 Å². The summed E-state index contributed by atoms with van der Waals surface area (Å²) in [7, 11) is 2.31. The zero-order valence-electron chi connectivity index (χ0n) is 22.3. The van der Waals surface area contributed by atoms with Crippen molar-refractivity contribution in [1.82, 2.24) is 0 Å². The summed E-state index contributed by atoms with van der Waals surface area (Å²) in [4.78, 5) is 10.3. The van der Waals surface area contributed by atoms with Crippen LogP contribution in [0.5, 0.6) is 0 Å². The molecule has 0 aromatic heterocycles. The van der Waals surface area contributed by atoms with Crippen LogP contribution in [0.1, 0.15) is 129 Å². The highest BCUT2D eigenvalue weighted by Crippen LogP contribution is 2.51. The lowest BCUT2D eigenvalue weighted by atomic mass is 10.1. The standard InChI is InChI=1S/C27H56NO3P/c1-6-8-9-10-11-12-13-14-15-16-17-18-19-20-21-22-23-24-25-26-31-32(29,30)27(7-2)28(3,4)5/h15-16,27H,6-14,17-26H2,1-5H3/p+1/b16-15-. The summed E-state index contributed by atoms with van der Waals surface area (Å²) in [6.07, 6.45) is 27.4. The van der Waals surface area contributed by atoms with Crippen LogP contribution in [-0.2, 0) is 9.09 Å². The number of nitrogens with zero attached hydrogens (tertiary/aromatic N) is 1. The largest absolute Gasteiger partial charge is 0.385 e. The van der Waals surface area contributed by atoms with Crippen LogP contribution in [-0.4, -0.2) is 42.9 Å². The van der Waals surface area contributed by atoms with E-state index in [1.807, 2.05) is 28.1 Å². The molecule has 0 aliphatic carbocycles. The van der Waals surface area contributed by atoms with E-state index >= 15 is 0 Å². The summed E-state index contributed by atoms with van der Waals surface area (Å²) in [6.45, 7) is 4.63. The van der Waals surface area contributed by atoms with Gasteiger partial charge in [0.05, 0.1) is 27.7 Å². The first-order chi connectivity index (χ1) is 15.3. The Balaban J connectivity index is 3.45. The molecule has 192 valence electrons. The van der Waals surface area contributed by atoms with E-state index in [2.05, 4.69) is 19.1 Å². The van der Waals surface area contributed by atoms with Crippen LogP contribution in [0.2, 0.25) is 0 Å². The van der Waals surface area contributed by atoms with Gasteiger partial charge in [-0.05, 0) is 32.1 Å². The smallest absolute Gasteiger partial charge is 0.320 e. The summed E-state index contributed by atoms with van der Waals surface area (Å²) >= 11 is 0. The molecule has 0 bridgehead atoms. The molecule has 0 aromatic rings. The van der Waals surface area contributed by atoms with E-state index in [1.165, 1.54) is 96.3 Å². The van der Waals surface area contributed by atoms with Gasteiger partial charge in [-0.3, -0.25) is 4.57 Å².